The van der Waals surface area contributed by atoms with Gasteiger partial charge in [0.05, 0.1) is 16.4 Å². The molecule has 0 saturated carbocycles. The van der Waals surface area contributed by atoms with E-state index in [1.54, 1.807) is 30.3 Å². The van der Waals surface area contributed by atoms with Crippen molar-refractivity contribution in [2.75, 3.05) is 0 Å². The summed E-state index contributed by atoms with van der Waals surface area (Å²) in [6.07, 6.45) is 3.71. The number of aryl methyl sites for hydroxylation is 3. The Labute approximate surface area is 181 Å². The van der Waals surface area contributed by atoms with Gasteiger partial charge in [-0.25, -0.2) is 9.18 Å². The second kappa shape index (κ2) is 10.6. The fourth-order valence-electron chi connectivity index (χ4n) is 3.13. The maximum atomic E-state index is 14.5. The predicted molar refractivity (Wildman–Crippen MR) is 120 cm³/mol. The number of aliphatic imine (C=N–C) groups is 1. The quantitative estimate of drug-likeness (QED) is 0.181. The van der Waals surface area contributed by atoms with Gasteiger partial charge < -0.3 is 4.74 Å². The van der Waals surface area contributed by atoms with E-state index < -0.39 is 11.8 Å². The van der Waals surface area contributed by atoms with Crippen LogP contribution in [0.15, 0.2) is 71.7 Å². The van der Waals surface area contributed by atoms with Crippen LogP contribution < -0.4 is 4.74 Å². The van der Waals surface area contributed by atoms with Crippen molar-refractivity contribution in [3.05, 3.63) is 94.8 Å². The van der Waals surface area contributed by atoms with Crippen molar-refractivity contribution < 1.29 is 13.9 Å². The van der Waals surface area contributed by atoms with Gasteiger partial charge in [0.15, 0.2) is 0 Å². The molecule has 3 rings (SSSR count). The number of nitrogens with zero attached hydrogens (tertiary/aromatic N) is 1. The maximum Gasteiger partial charge on any atom is 0.346 e. The normalized spacial score (nSPS) is 10.3. The van der Waals surface area contributed by atoms with Crippen molar-refractivity contribution in [1.29, 1.82) is 0 Å². The van der Waals surface area contributed by atoms with Crippen molar-refractivity contribution in [2.45, 2.75) is 32.6 Å². The van der Waals surface area contributed by atoms with E-state index in [-0.39, 0.29) is 5.56 Å². The Morgan fingerprint density at radius 2 is 1.53 bits per heavy atom. The number of thiocarbonyl (C=S) groups is 1. The first kappa shape index (κ1) is 21.6. The third-order valence-electron chi connectivity index (χ3n) is 4.74. The van der Waals surface area contributed by atoms with Gasteiger partial charge in [-0.15, -0.1) is 0 Å². The highest BCUT2D eigenvalue weighted by molar-refractivity contribution is 7.78. The van der Waals surface area contributed by atoms with E-state index >= 15 is 0 Å². The molecular formula is C25H22FNO2S. The molecule has 30 heavy (non-hydrogen) atoms. The van der Waals surface area contributed by atoms with Crippen molar-refractivity contribution in [3.8, 4) is 5.75 Å². The fraction of sp³-hybridized carbons (Fsp3) is 0.200. The van der Waals surface area contributed by atoms with Crippen LogP contribution in [-0.4, -0.2) is 11.1 Å². The zero-order valence-electron chi connectivity index (χ0n) is 16.7. The topological polar surface area (TPSA) is 38.7 Å². The van der Waals surface area contributed by atoms with E-state index in [1.807, 2.05) is 0 Å². The lowest BCUT2D eigenvalue weighted by molar-refractivity contribution is 0.0730. The number of carbonyl (C=O) groups excluding carboxylic acids is 1. The molecule has 0 N–H and O–H groups in total. The Hall–Kier alpha value is -3.14. The van der Waals surface area contributed by atoms with Gasteiger partial charge in [0.1, 0.15) is 11.6 Å². The van der Waals surface area contributed by atoms with E-state index in [2.05, 4.69) is 53.6 Å². The van der Waals surface area contributed by atoms with Crippen LogP contribution in [0.25, 0.3) is 0 Å². The molecule has 0 fully saturated rings. The number of benzene rings is 3. The molecule has 0 radical (unpaired) electrons. The number of hydrogen-bond donors (Lipinski definition) is 0. The lowest BCUT2D eigenvalue weighted by atomic mass is 10.0. The number of esters is 1. The first-order valence-corrected chi connectivity index (χ1v) is 10.3. The molecule has 0 aromatic heterocycles. The van der Waals surface area contributed by atoms with Gasteiger partial charge in [0.25, 0.3) is 0 Å². The van der Waals surface area contributed by atoms with Crippen LogP contribution in [0.4, 0.5) is 10.1 Å². The Kier molecular flexibility index (Phi) is 7.61. The molecule has 0 saturated heterocycles. The first-order valence-electron chi connectivity index (χ1n) is 9.85. The molecule has 0 atom stereocenters. The minimum atomic E-state index is -0.739. The second-order valence-electron chi connectivity index (χ2n) is 6.97. The van der Waals surface area contributed by atoms with Crippen molar-refractivity contribution >= 4 is 29.0 Å². The number of hydrogen-bond acceptors (Lipinski definition) is 4. The van der Waals surface area contributed by atoms with Crippen LogP contribution >= 0.6 is 12.2 Å². The summed E-state index contributed by atoms with van der Waals surface area (Å²) in [5, 5.41) is 2.26. The molecule has 5 heteroatoms. The van der Waals surface area contributed by atoms with E-state index in [1.165, 1.54) is 23.3 Å². The van der Waals surface area contributed by atoms with Gasteiger partial charge in [-0.2, -0.15) is 4.99 Å². The highest BCUT2D eigenvalue weighted by Crippen LogP contribution is 2.20. The minimum absolute atomic E-state index is 0.0938. The third-order valence-corrected chi connectivity index (χ3v) is 4.83. The van der Waals surface area contributed by atoms with Crippen LogP contribution in [0.3, 0.4) is 0 Å². The summed E-state index contributed by atoms with van der Waals surface area (Å²) in [4.78, 5) is 16.1. The van der Waals surface area contributed by atoms with E-state index in [0.717, 1.165) is 24.8 Å². The number of halogens is 1. The summed E-state index contributed by atoms with van der Waals surface area (Å²) in [5.74, 6) is -1.02. The van der Waals surface area contributed by atoms with Gasteiger partial charge in [-0.1, -0.05) is 43.7 Å². The zero-order chi connectivity index (χ0) is 21.3. The van der Waals surface area contributed by atoms with E-state index in [4.69, 9.17) is 4.74 Å². The number of carbonyl (C=O) groups is 1. The molecule has 0 aliphatic carbocycles. The lowest BCUT2D eigenvalue weighted by Gasteiger charge is -2.08. The molecule has 152 valence electrons. The van der Waals surface area contributed by atoms with Gasteiger partial charge in [-0.3, -0.25) is 0 Å². The average molecular weight is 420 g/mol. The largest absolute Gasteiger partial charge is 0.423 e. The van der Waals surface area contributed by atoms with Crippen LogP contribution in [0.1, 0.15) is 40.4 Å². The van der Waals surface area contributed by atoms with E-state index in [9.17, 15) is 9.18 Å². The van der Waals surface area contributed by atoms with Crippen molar-refractivity contribution in [3.63, 3.8) is 0 Å². The summed E-state index contributed by atoms with van der Waals surface area (Å²) in [6.45, 7) is 2.16. The summed E-state index contributed by atoms with van der Waals surface area (Å²) in [6, 6.07) is 19.6. The zero-order valence-corrected chi connectivity index (χ0v) is 17.5. The number of ether oxygens (including phenoxy) is 1. The molecule has 0 aliphatic heterocycles. The van der Waals surface area contributed by atoms with Gasteiger partial charge in [0, 0.05) is 0 Å². The van der Waals surface area contributed by atoms with Crippen LogP contribution in [-0.2, 0) is 19.3 Å². The molecule has 3 nitrogen and oxygen atoms in total. The first-order chi connectivity index (χ1) is 14.6. The third kappa shape index (κ3) is 5.93. The summed E-state index contributed by atoms with van der Waals surface area (Å²) >= 11 is 4.54. The van der Waals surface area contributed by atoms with Gasteiger partial charge >= 0.3 is 5.97 Å². The molecular weight excluding hydrogens is 397 g/mol. The molecule has 0 heterocycles. The molecule has 3 aromatic carbocycles. The fourth-order valence-corrected chi connectivity index (χ4v) is 3.24. The molecule has 0 amide bonds. The van der Waals surface area contributed by atoms with Crippen LogP contribution in [0.5, 0.6) is 5.75 Å². The Morgan fingerprint density at radius 3 is 2.13 bits per heavy atom. The molecule has 0 aliphatic rings. The predicted octanol–water partition coefficient (Wildman–Crippen LogP) is 6.52. The minimum Gasteiger partial charge on any atom is -0.423 e. The summed E-state index contributed by atoms with van der Waals surface area (Å²) in [7, 11) is 0. The van der Waals surface area contributed by atoms with Crippen molar-refractivity contribution in [2.24, 2.45) is 4.99 Å². The Morgan fingerprint density at radius 1 is 0.933 bits per heavy atom. The molecule has 0 bridgehead atoms. The van der Waals surface area contributed by atoms with Gasteiger partial charge in [-0.05, 0) is 84.6 Å². The molecule has 0 unspecified atom stereocenters. The highest BCUT2D eigenvalue weighted by Gasteiger charge is 2.15. The Balaban J connectivity index is 1.61. The monoisotopic (exact) mass is 419 g/mol. The van der Waals surface area contributed by atoms with Gasteiger partial charge in [0.2, 0.25) is 0 Å². The highest BCUT2D eigenvalue weighted by atomic mass is 32.1. The number of rotatable bonds is 8. The SMILES string of the molecule is CCCc1ccc(CCc2ccc(C(=O)Oc3ccc(N=C=S)cc3)c(F)c2)cc1. The smallest absolute Gasteiger partial charge is 0.346 e. The van der Waals surface area contributed by atoms with Crippen LogP contribution in [0, 0.1) is 5.82 Å². The van der Waals surface area contributed by atoms with Crippen LogP contribution in [0.2, 0.25) is 0 Å². The summed E-state index contributed by atoms with van der Waals surface area (Å²) in [5.41, 5.74) is 3.88. The molecule has 3 aromatic rings. The molecule has 0 spiro atoms. The number of isothiocyanates is 1. The average Bonchev–Trinajstić information content (AvgIpc) is 2.75. The van der Waals surface area contributed by atoms with E-state index in [0.29, 0.717) is 17.9 Å². The second-order valence-corrected chi connectivity index (χ2v) is 7.15. The lowest BCUT2D eigenvalue weighted by Crippen LogP contribution is -2.11. The maximum absolute atomic E-state index is 14.5. The summed E-state index contributed by atoms with van der Waals surface area (Å²) < 4.78 is 19.7. The van der Waals surface area contributed by atoms with Crippen molar-refractivity contribution in [1.82, 2.24) is 0 Å². The standard InChI is InChI=1S/C25H22FNO2S/c1-2-3-18-4-6-19(7-5-18)8-9-20-10-15-23(24(26)16-20)25(28)29-22-13-11-21(12-14-22)27-17-30/h4-7,10-16H,2-3,8-9H2,1H3. The Bertz CT molecular complexity index is 1060.